The number of carboxylic acid groups (broad SMARTS) is 1. The molecule has 1 N–H and O–H groups in total. The lowest BCUT2D eigenvalue weighted by molar-refractivity contribution is -0.147. The molecule has 1 aromatic carbocycles. The van der Waals surface area contributed by atoms with Crippen molar-refractivity contribution in [3.05, 3.63) is 24.3 Å². The number of benzene rings is 1. The summed E-state index contributed by atoms with van der Waals surface area (Å²) >= 11 is 0. The molecule has 2 aliphatic rings. The molecule has 2 heterocycles. The van der Waals surface area contributed by atoms with Crippen LogP contribution in [0.3, 0.4) is 0 Å². The normalized spacial score (nSPS) is 20.0. The second-order valence-electron chi connectivity index (χ2n) is 5.98. The van der Waals surface area contributed by atoms with Gasteiger partial charge in [0.15, 0.2) is 6.61 Å². The van der Waals surface area contributed by atoms with Crippen molar-refractivity contribution in [3.8, 4) is 5.75 Å². The zero-order valence-electron chi connectivity index (χ0n) is 13.7. The number of fused-ring (bicyclic) bond motifs is 1. The number of hydrogen-bond acceptors (Lipinski definition) is 5. The summed E-state index contributed by atoms with van der Waals surface area (Å²) in [5, 5.41) is 8.85. The maximum Gasteiger partial charge on any atom is 0.306 e. The van der Waals surface area contributed by atoms with E-state index in [1.807, 2.05) is 12.1 Å². The van der Waals surface area contributed by atoms with E-state index < -0.39 is 12.1 Å². The Balaban J connectivity index is 1.59. The molecule has 0 aromatic heterocycles. The van der Waals surface area contributed by atoms with Crippen LogP contribution in [0.4, 0.5) is 5.69 Å². The Morgan fingerprint density at radius 3 is 2.88 bits per heavy atom. The van der Waals surface area contributed by atoms with Crippen LogP contribution < -0.4 is 9.64 Å². The van der Waals surface area contributed by atoms with E-state index in [4.69, 9.17) is 14.6 Å². The third-order valence-electron chi connectivity index (χ3n) is 4.25. The van der Waals surface area contributed by atoms with Crippen LogP contribution in [-0.4, -0.2) is 66.7 Å². The van der Waals surface area contributed by atoms with E-state index in [0.717, 1.165) is 0 Å². The van der Waals surface area contributed by atoms with Crippen molar-refractivity contribution in [3.63, 3.8) is 0 Å². The van der Waals surface area contributed by atoms with Crippen molar-refractivity contribution in [2.45, 2.75) is 18.9 Å². The molecule has 25 heavy (non-hydrogen) atoms. The lowest BCUT2D eigenvalue weighted by Gasteiger charge is -2.33. The summed E-state index contributed by atoms with van der Waals surface area (Å²) in [4.78, 5) is 38.5. The van der Waals surface area contributed by atoms with Gasteiger partial charge in [-0.2, -0.15) is 0 Å². The van der Waals surface area contributed by atoms with Gasteiger partial charge in [-0.1, -0.05) is 12.1 Å². The number of carbonyl (C=O) groups is 3. The molecule has 0 aliphatic carbocycles. The van der Waals surface area contributed by atoms with Gasteiger partial charge in [0.2, 0.25) is 5.91 Å². The van der Waals surface area contributed by atoms with Crippen LogP contribution in [0.1, 0.15) is 12.8 Å². The van der Waals surface area contributed by atoms with Gasteiger partial charge < -0.3 is 24.4 Å². The van der Waals surface area contributed by atoms with Gasteiger partial charge in [-0.25, -0.2) is 0 Å². The number of nitrogens with zero attached hydrogens (tertiary/aromatic N) is 2. The molecule has 0 unspecified atom stereocenters. The van der Waals surface area contributed by atoms with E-state index in [9.17, 15) is 14.4 Å². The van der Waals surface area contributed by atoms with Crippen molar-refractivity contribution in [2.75, 3.05) is 37.7 Å². The fourth-order valence-corrected chi connectivity index (χ4v) is 3.03. The molecule has 1 atom stereocenters. The Kier molecular flexibility index (Phi) is 5.18. The van der Waals surface area contributed by atoms with Gasteiger partial charge in [0.05, 0.1) is 24.8 Å². The van der Waals surface area contributed by atoms with Crippen molar-refractivity contribution >= 4 is 23.5 Å². The first kappa shape index (κ1) is 17.2. The molecule has 1 aromatic rings. The fraction of sp³-hybridized carbons (Fsp3) is 0.471. The number of aliphatic carboxylic acids is 1. The lowest BCUT2D eigenvalue weighted by Crippen LogP contribution is -2.47. The monoisotopic (exact) mass is 348 g/mol. The highest BCUT2D eigenvalue weighted by Crippen LogP contribution is 2.31. The van der Waals surface area contributed by atoms with Gasteiger partial charge in [0.25, 0.3) is 5.91 Å². The van der Waals surface area contributed by atoms with Crippen molar-refractivity contribution < 1.29 is 29.0 Å². The number of carbonyl (C=O) groups excluding carboxylic acids is 2. The number of carboxylic acids is 1. The summed E-state index contributed by atoms with van der Waals surface area (Å²) in [5.74, 6) is -0.620. The second-order valence-corrected chi connectivity index (χ2v) is 5.98. The molecule has 3 rings (SSSR count). The predicted octanol–water partition coefficient (Wildman–Crippen LogP) is 0.504. The van der Waals surface area contributed by atoms with Crippen LogP contribution in [0, 0.1) is 0 Å². The Morgan fingerprint density at radius 2 is 2.08 bits per heavy atom. The molecular weight excluding hydrogens is 328 g/mol. The first-order valence-corrected chi connectivity index (χ1v) is 8.18. The Bertz CT molecular complexity index is 677. The highest BCUT2D eigenvalue weighted by molar-refractivity contribution is 5.98. The maximum absolute atomic E-state index is 12.4. The Morgan fingerprint density at radius 1 is 1.28 bits per heavy atom. The van der Waals surface area contributed by atoms with E-state index in [0.29, 0.717) is 24.6 Å². The largest absolute Gasteiger partial charge is 0.482 e. The van der Waals surface area contributed by atoms with Gasteiger partial charge in [0.1, 0.15) is 5.75 Å². The average Bonchev–Trinajstić information content (AvgIpc) is 2.60. The van der Waals surface area contributed by atoms with Crippen LogP contribution in [0.2, 0.25) is 0 Å². The van der Waals surface area contributed by atoms with E-state index in [1.54, 1.807) is 21.9 Å². The molecule has 1 saturated heterocycles. The number of amides is 2. The van der Waals surface area contributed by atoms with Crippen LogP contribution in [0.5, 0.6) is 5.75 Å². The highest BCUT2D eigenvalue weighted by Gasteiger charge is 2.28. The highest BCUT2D eigenvalue weighted by atomic mass is 16.5. The fourth-order valence-electron chi connectivity index (χ4n) is 3.03. The Labute approximate surface area is 144 Å². The molecular formula is C17H20N2O6. The molecule has 0 spiro atoms. The predicted molar refractivity (Wildman–Crippen MR) is 87.5 cm³/mol. The summed E-state index contributed by atoms with van der Waals surface area (Å²) in [6.45, 7) is 1.24. The minimum Gasteiger partial charge on any atom is -0.482 e. The van der Waals surface area contributed by atoms with E-state index in [-0.39, 0.29) is 44.4 Å². The van der Waals surface area contributed by atoms with Crippen molar-refractivity contribution in [1.82, 2.24) is 4.90 Å². The Hall–Kier alpha value is -2.61. The lowest BCUT2D eigenvalue weighted by atomic mass is 10.2. The standard InChI is InChI=1S/C17H20N2O6/c20-15(18-7-8-24-12(10-18)9-17(22)23)5-6-19-13-3-1-2-4-14(13)25-11-16(19)21/h1-4,12H,5-11H2,(H,22,23)/t12-/m0/s1. The molecule has 134 valence electrons. The third kappa shape index (κ3) is 4.08. The van der Waals surface area contributed by atoms with E-state index in [2.05, 4.69) is 0 Å². The quantitative estimate of drug-likeness (QED) is 0.833. The van der Waals surface area contributed by atoms with E-state index >= 15 is 0 Å². The zero-order valence-corrected chi connectivity index (χ0v) is 13.7. The van der Waals surface area contributed by atoms with Gasteiger partial charge in [-0.3, -0.25) is 14.4 Å². The number of morpholine rings is 1. The molecule has 0 radical (unpaired) electrons. The SMILES string of the molecule is O=C(O)C[C@H]1CN(C(=O)CCN2C(=O)COc3ccccc32)CCO1. The minimum absolute atomic E-state index is 0.0383. The van der Waals surface area contributed by atoms with Crippen LogP contribution in [-0.2, 0) is 19.1 Å². The summed E-state index contributed by atoms with van der Waals surface area (Å²) in [7, 11) is 0. The summed E-state index contributed by atoms with van der Waals surface area (Å²) in [6, 6.07) is 7.21. The van der Waals surface area contributed by atoms with Crippen LogP contribution in [0.25, 0.3) is 0 Å². The van der Waals surface area contributed by atoms with Gasteiger partial charge in [0, 0.05) is 26.1 Å². The van der Waals surface area contributed by atoms with Crippen molar-refractivity contribution in [2.24, 2.45) is 0 Å². The van der Waals surface area contributed by atoms with Gasteiger partial charge in [-0.15, -0.1) is 0 Å². The van der Waals surface area contributed by atoms with Crippen LogP contribution >= 0.6 is 0 Å². The second kappa shape index (κ2) is 7.52. The topological polar surface area (TPSA) is 96.4 Å². The average molecular weight is 348 g/mol. The molecule has 0 bridgehead atoms. The van der Waals surface area contributed by atoms with Gasteiger partial charge in [-0.05, 0) is 12.1 Å². The third-order valence-corrected chi connectivity index (χ3v) is 4.25. The number of rotatable bonds is 5. The number of hydrogen-bond donors (Lipinski definition) is 1. The maximum atomic E-state index is 12.4. The molecule has 0 saturated carbocycles. The minimum atomic E-state index is -0.949. The summed E-state index contributed by atoms with van der Waals surface area (Å²) < 4.78 is 10.8. The first-order chi connectivity index (χ1) is 12.0. The summed E-state index contributed by atoms with van der Waals surface area (Å²) in [6.07, 6.45) is -0.445. The van der Waals surface area contributed by atoms with Gasteiger partial charge >= 0.3 is 5.97 Å². The van der Waals surface area contributed by atoms with Crippen molar-refractivity contribution in [1.29, 1.82) is 0 Å². The smallest absolute Gasteiger partial charge is 0.306 e. The number of anilines is 1. The number of para-hydroxylation sites is 2. The van der Waals surface area contributed by atoms with Crippen LogP contribution in [0.15, 0.2) is 24.3 Å². The van der Waals surface area contributed by atoms with E-state index in [1.165, 1.54) is 0 Å². The molecule has 1 fully saturated rings. The molecule has 2 aliphatic heterocycles. The molecule has 2 amide bonds. The zero-order chi connectivity index (χ0) is 17.8. The molecule has 8 heteroatoms. The molecule has 8 nitrogen and oxygen atoms in total. The number of ether oxygens (including phenoxy) is 2. The summed E-state index contributed by atoms with van der Waals surface area (Å²) in [5.41, 5.74) is 0.664. The first-order valence-electron chi connectivity index (χ1n) is 8.18.